The molecule has 9 aromatic carbocycles. The maximum absolute atomic E-state index is 2.74. The number of anilines is 3. The molecule has 0 unspecified atom stereocenters. The smallest absolute Gasteiger partial charge is 0.252 e. The van der Waals surface area contributed by atoms with Crippen molar-refractivity contribution in [2.45, 2.75) is 0 Å². The fraction of sp³-hybridized carbons (Fsp3) is 0. The number of para-hydroxylation sites is 7. The highest BCUT2D eigenvalue weighted by atomic mass is 15.2. The Hall–Kier alpha value is -7.69. The average Bonchev–Trinajstić information content (AvgIpc) is 3.96. The first-order valence-corrected chi connectivity index (χ1v) is 21.1. The van der Waals surface area contributed by atoms with E-state index in [0.717, 1.165) is 0 Å². The predicted octanol–water partition coefficient (Wildman–Crippen LogP) is 8.73. The Morgan fingerprint density at radius 3 is 1.67 bits per heavy atom. The molecule has 0 bridgehead atoms. The largest absolute Gasteiger partial charge is 0.311 e. The minimum atomic E-state index is 0.0276. The highest BCUT2D eigenvalue weighted by Crippen LogP contribution is 2.48. The van der Waals surface area contributed by atoms with Gasteiger partial charge in [-0.15, -0.1) is 0 Å². The summed E-state index contributed by atoms with van der Waals surface area (Å²) in [4.78, 5) is 2.56. The standard InChI is InChI=1S/C54H30B2N4/c1-3-15-31(16-4-1)57-44-28-12-9-23-38(44)55-41-29-37-34-20-8-10-26-42(34)58(32-17-5-2-6-18-32)52(37)47-36-22-14-25-40-51(36)60(53(41)47)54-48(55)45(57)30-46-49(54)56(40)39-24-13-21-35-33-19-7-11-27-43(33)59(46)50(35)39/h1-30H. The summed E-state index contributed by atoms with van der Waals surface area (Å²) >= 11 is 0. The van der Waals surface area contributed by atoms with Crippen LogP contribution in [-0.4, -0.2) is 27.1 Å². The molecule has 0 radical (unpaired) electrons. The highest BCUT2D eigenvalue weighted by molar-refractivity contribution is 7.04. The molecule has 0 saturated carbocycles. The second kappa shape index (κ2) is 10.3. The minimum Gasteiger partial charge on any atom is -0.311 e. The Labute approximate surface area is 344 Å². The molecule has 0 spiro atoms. The van der Waals surface area contributed by atoms with Crippen LogP contribution >= 0.6 is 0 Å². The Kier molecular flexibility index (Phi) is 5.22. The highest BCUT2D eigenvalue weighted by Gasteiger charge is 2.50. The zero-order valence-corrected chi connectivity index (χ0v) is 32.3. The number of nitrogens with zero attached hydrogens (tertiary/aromatic N) is 4. The van der Waals surface area contributed by atoms with E-state index < -0.39 is 0 Å². The molecule has 3 aromatic heterocycles. The van der Waals surface area contributed by atoms with Gasteiger partial charge in [-0.05, 0) is 81.3 Å². The Morgan fingerprint density at radius 2 is 0.883 bits per heavy atom. The van der Waals surface area contributed by atoms with Crippen LogP contribution < -0.4 is 37.7 Å². The first kappa shape index (κ1) is 30.4. The lowest BCUT2D eigenvalue weighted by atomic mass is 9.30. The van der Waals surface area contributed by atoms with Gasteiger partial charge in [-0.25, -0.2) is 0 Å². The molecule has 0 aliphatic carbocycles. The third-order valence-electron chi connectivity index (χ3n) is 14.5. The van der Waals surface area contributed by atoms with E-state index in [-0.39, 0.29) is 13.4 Å². The summed E-state index contributed by atoms with van der Waals surface area (Å²) in [7, 11) is 0. The molecule has 4 aliphatic rings. The molecule has 0 amide bonds. The average molecular weight is 756 g/mol. The summed E-state index contributed by atoms with van der Waals surface area (Å²) < 4.78 is 7.88. The third-order valence-corrected chi connectivity index (χ3v) is 14.5. The lowest BCUT2D eigenvalue weighted by molar-refractivity contribution is 1.14. The van der Waals surface area contributed by atoms with Crippen LogP contribution in [0, 0.1) is 0 Å². The van der Waals surface area contributed by atoms with Gasteiger partial charge in [0.25, 0.3) is 13.4 Å². The van der Waals surface area contributed by atoms with E-state index in [1.54, 1.807) is 0 Å². The van der Waals surface area contributed by atoms with Gasteiger partial charge in [0.05, 0.1) is 22.1 Å². The van der Waals surface area contributed by atoms with Crippen LogP contribution in [0.5, 0.6) is 0 Å². The quantitative estimate of drug-likeness (QED) is 0.162. The van der Waals surface area contributed by atoms with Gasteiger partial charge < -0.3 is 18.6 Å². The van der Waals surface area contributed by atoms with Crippen LogP contribution in [0.3, 0.4) is 0 Å². The van der Waals surface area contributed by atoms with Gasteiger partial charge >= 0.3 is 0 Å². The summed E-state index contributed by atoms with van der Waals surface area (Å²) in [6, 6.07) is 68.7. The van der Waals surface area contributed by atoms with Crippen molar-refractivity contribution in [3.8, 4) is 17.1 Å². The van der Waals surface area contributed by atoms with E-state index in [1.165, 1.54) is 132 Å². The number of rotatable bonds is 2. The van der Waals surface area contributed by atoms with Crippen molar-refractivity contribution in [1.29, 1.82) is 0 Å². The van der Waals surface area contributed by atoms with Gasteiger partial charge in [0.1, 0.15) is 0 Å². The van der Waals surface area contributed by atoms with Gasteiger partial charge in [0.15, 0.2) is 0 Å². The van der Waals surface area contributed by atoms with E-state index in [2.05, 4.69) is 201 Å². The summed E-state index contributed by atoms with van der Waals surface area (Å²) in [5.41, 5.74) is 23.6. The van der Waals surface area contributed by atoms with Crippen molar-refractivity contribution < 1.29 is 0 Å². The van der Waals surface area contributed by atoms with Crippen molar-refractivity contribution in [2.24, 2.45) is 0 Å². The molecule has 0 saturated heterocycles. The van der Waals surface area contributed by atoms with Gasteiger partial charge in [-0.2, -0.15) is 0 Å². The second-order valence-corrected chi connectivity index (χ2v) is 17.1. The van der Waals surface area contributed by atoms with Crippen LogP contribution in [0.1, 0.15) is 0 Å². The summed E-state index contributed by atoms with van der Waals surface area (Å²) in [6.07, 6.45) is 0. The van der Waals surface area contributed by atoms with Crippen LogP contribution in [0.15, 0.2) is 182 Å². The van der Waals surface area contributed by atoms with E-state index in [4.69, 9.17) is 0 Å². The number of fused-ring (bicyclic) bond motifs is 14. The number of benzene rings is 9. The monoisotopic (exact) mass is 756 g/mol. The van der Waals surface area contributed by atoms with Gasteiger partial charge in [-0.1, -0.05) is 133 Å². The lowest BCUT2D eigenvalue weighted by Gasteiger charge is -2.44. The fourth-order valence-electron chi connectivity index (χ4n) is 12.5. The molecule has 0 atom stereocenters. The second-order valence-electron chi connectivity index (χ2n) is 17.1. The molecule has 0 fully saturated rings. The molecule has 60 heavy (non-hydrogen) atoms. The molecular formula is C54H30B2N4. The van der Waals surface area contributed by atoms with E-state index >= 15 is 0 Å². The van der Waals surface area contributed by atoms with Gasteiger partial charge in [0, 0.05) is 77.5 Å². The number of hydrogen-bond donors (Lipinski definition) is 0. The van der Waals surface area contributed by atoms with Gasteiger partial charge in [0.2, 0.25) is 0 Å². The van der Waals surface area contributed by atoms with Crippen molar-refractivity contribution in [3.05, 3.63) is 182 Å². The van der Waals surface area contributed by atoms with Crippen molar-refractivity contribution in [2.75, 3.05) is 4.90 Å². The molecule has 4 nitrogen and oxygen atoms in total. The Morgan fingerprint density at radius 1 is 0.317 bits per heavy atom. The topological polar surface area (TPSA) is 18.0 Å². The van der Waals surface area contributed by atoms with E-state index in [9.17, 15) is 0 Å². The zero-order chi connectivity index (χ0) is 38.5. The first-order chi connectivity index (χ1) is 29.8. The molecule has 7 heterocycles. The normalized spacial score (nSPS) is 13.9. The number of hydrogen-bond acceptors (Lipinski definition) is 1. The van der Waals surface area contributed by atoms with Crippen molar-refractivity contribution in [1.82, 2.24) is 13.7 Å². The number of aromatic nitrogens is 3. The summed E-state index contributed by atoms with van der Waals surface area (Å²) in [6.45, 7) is 0.0983. The van der Waals surface area contributed by atoms with Crippen LogP contribution in [0.25, 0.3) is 82.5 Å². The maximum Gasteiger partial charge on any atom is 0.252 e. The van der Waals surface area contributed by atoms with Gasteiger partial charge in [-0.3, -0.25) is 0 Å². The van der Waals surface area contributed by atoms with Crippen LogP contribution in [-0.2, 0) is 0 Å². The predicted molar refractivity (Wildman–Crippen MR) is 253 cm³/mol. The summed E-state index contributed by atoms with van der Waals surface area (Å²) in [5.74, 6) is 0. The van der Waals surface area contributed by atoms with Crippen LogP contribution in [0.2, 0.25) is 0 Å². The Bertz CT molecular complexity index is 3970. The molecule has 16 rings (SSSR count). The molecule has 272 valence electrons. The van der Waals surface area contributed by atoms with Crippen molar-refractivity contribution >= 4 is 129 Å². The fourth-order valence-corrected chi connectivity index (χ4v) is 12.5. The zero-order valence-electron chi connectivity index (χ0n) is 32.3. The lowest BCUT2D eigenvalue weighted by Crippen LogP contribution is -2.66. The molecule has 4 aliphatic heterocycles. The van der Waals surface area contributed by atoms with E-state index in [1.807, 2.05) is 0 Å². The van der Waals surface area contributed by atoms with Crippen LogP contribution in [0.4, 0.5) is 17.1 Å². The molecule has 12 aromatic rings. The molecule has 6 heteroatoms. The first-order valence-electron chi connectivity index (χ1n) is 21.1. The van der Waals surface area contributed by atoms with Crippen molar-refractivity contribution in [3.63, 3.8) is 0 Å². The molecule has 0 N–H and O–H groups in total. The third kappa shape index (κ3) is 3.27. The SMILES string of the molecule is c1ccc(N2c3ccccc3B3c4c2cc2c5c4-n4c6c(cccc6c6c4c3cc3c4ccccc4n(-c4ccccc4)c36)B5c3cccc4c5ccccc5n-2c34)cc1. The minimum absolute atomic E-state index is 0.0276. The maximum atomic E-state index is 2.74. The van der Waals surface area contributed by atoms with E-state index in [0.29, 0.717) is 0 Å². The Balaban J connectivity index is 1.20. The summed E-state index contributed by atoms with van der Waals surface area (Å²) in [5, 5.41) is 7.87. The molecular weight excluding hydrogens is 726 g/mol.